The molecule has 0 amide bonds. The second-order valence-corrected chi connectivity index (χ2v) is 8.37. The van der Waals surface area contributed by atoms with Crippen molar-refractivity contribution in [3.8, 4) is 0 Å². The monoisotopic (exact) mass is 424 g/mol. The third-order valence-electron chi connectivity index (χ3n) is 3.11. The first-order valence-electron chi connectivity index (χ1n) is 7.21. The van der Waals surface area contributed by atoms with Gasteiger partial charge in [-0.3, -0.25) is 14.5 Å². The maximum Gasteiger partial charge on any atom is 0.281 e. The second-order valence-electron chi connectivity index (χ2n) is 5.10. The van der Waals surface area contributed by atoms with Gasteiger partial charge in [-0.25, -0.2) is 8.42 Å². The van der Waals surface area contributed by atoms with E-state index in [1.165, 1.54) is 24.3 Å². The highest BCUT2D eigenvalue weighted by Gasteiger charge is 2.16. The van der Waals surface area contributed by atoms with E-state index >= 15 is 0 Å². The Labute approximate surface area is 161 Å². The zero-order valence-corrected chi connectivity index (χ0v) is 16.1. The van der Waals surface area contributed by atoms with Crippen LogP contribution in [0.5, 0.6) is 0 Å². The van der Waals surface area contributed by atoms with Crippen molar-refractivity contribution in [2.75, 3.05) is 10.5 Å². The molecule has 2 heterocycles. The predicted molar refractivity (Wildman–Crippen MR) is 103 cm³/mol. The molecule has 3 rings (SSSR count). The highest BCUT2D eigenvalue weighted by Crippen LogP contribution is 2.23. The molecule has 11 nitrogen and oxygen atoms in total. The fraction of sp³-hybridized carbons (Fsp3) is 0.0769. The number of aromatic amines is 2. The lowest BCUT2D eigenvalue weighted by Gasteiger charge is -2.04. The van der Waals surface area contributed by atoms with Gasteiger partial charge in [-0.05, 0) is 43.4 Å². The molecule has 0 aliphatic carbocycles. The average molecular weight is 424 g/mol. The summed E-state index contributed by atoms with van der Waals surface area (Å²) in [5, 5.41) is 15.9. The minimum Gasteiger partial charge on any atom is -0.383 e. The number of anilines is 2. The molecule has 0 spiro atoms. The maximum absolute atomic E-state index is 12.3. The molecular formula is C13H12N8O3S3. The molecular weight excluding hydrogens is 412 g/mol. The van der Waals surface area contributed by atoms with Gasteiger partial charge in [0.2, 0.25) is 5.13 Å². The molecule has 0 aliphatic heterocycles. The van der Waals surface area contributed by atoms with E-state index in [0.717, 1.165) is 11.3 Å². The zero-order valence-electron chi connectivity index (χ0n) is 13.6. The van der Waals surface area contributed by atoms with Crippen LogP contribution in [0.4, 0.5) is 22.3 Å². The Bertz CT molecular complexity index is 1220. The molecule has 0 saturated heterocycles. The van der Waals surface area contributed by atoms with Crippen molar-refractivity contribution in [2.24, 2.45) is 10.2 Å². The van der Waals surface area contributed by atoms with Gasteiger partial charge in [0, 0.05) is 0 Å². The van der Waals surface area contributed by atoms with Crippen LogP contribution in [-0.2, 0) is 10.0 Å². The third kappa shape index (κ3) is 4.42. The summed E-state index contributed by atoms with van der Waals surface area (Å²) >= 11 is 5.91. The summed E-state index contributed by atoms with van der Waals surface area (Å²) in [6.07, 6.45) is 0. The fourth-order valence-corrected chi connectivity index (χ4v) is 3.93. The number of H-pyrrole nitrogens is 2. The Kier molecular flexibility index (Phi) is 5.11. The molecule has 0 unspecified atom stereocenters. The number of azo groups is 1. The van der Waals surface area contributed by atoms with Crippen molar-refractivity contribution in [3.05, 3.63) is 44.4 Å². The van der Waals surface area contributed by atoms with E-state index in [1.807, 2.05) is 0 Å². The molecule has 2 aromatic heterocycles. The van der Waals surface area contributed by atoms with Gasteiger partial charge in [-0.1, -0.05) is 11.3 Å². The minimum atomic E-state index is -3.81. The Morgan fingerprint density at radius 3 is 2.48 bits per heavy atom. The normalized spacial score (nSPS) is 11.7. The van der Waals surface area contributed by atoms with Gasteiger partial charge >= 0.3 is 0 Å². The van der Waals surface area contributed by atoms with E-state index in [2.05, 4.69) is 35.1 Å². The van der Waals surface area contributed by atoms with Crippen molar-refractivity contribution in [2.45, 2.75) is 11.8 Å². The smallest absolute Gasteiger partial charge is 0.281 e. The van der Waals surface area contributed by atoms with E-state index in [-0.39, 0.29) is 26.3 Å². The van der Waals surface area contributed by atoms with E-state index < -0.39 is 15.6 Å². The number of hydrogen-bond acceptors (Lipinski definition) is 10. The van der Waals surface area contributed by atoms with Crippen LogP contribution >= 0.6 is 23.6 Å². The maximum atomic E-state index is 12.3. The molecule has 0 radical (unpaired) electrons. The SMILES string of the molecule is Cc1nnc(NS(=O)(=O)c2ccc(N=Nc3c(N)[nH]c(=S)[nH]c3=O)cc2)s1. The van der Waals surface area contributed by atoms with Crippen molar-refractivity contribution < 1.29 is 8.42 Å². The summed E-state index contributed by atoms with van der Waals surface area (Å²) in [4.78, 5) is 16.7. The van der Waals surface area contributed by atoms with Gasteiger partial charge in [0.25, 0.3) is 15.6 Å². The molecule has 0 bridgehead atoms. The van der Waals surface area contributed by atoms with Crippen LogP contribution in [0.1, 0.15) is 5.01 Å². The Hall–Kier alpha value is -2.97. The van der Waals surface area contributed by atoms with E-state index in [4.69, 9.17) is 18.0 Å². The highest BCUT2D eigenvalue weighted by molar-refractivity contribution is 7.93. The first kappa shape index (κ1) is 18.8. The van der Waals surface area contributed by atoms with Gasteiger partial charge in [0.15, 0.2) is 10.5 Å². The Morgan fingerprint density at radius 1 is 1.19 bits per heavy atom. The Morgan fingerprint density at radius 2 is 1.89 bits per heavy atom. The molecule has 0 saturated carbocycles. The average Bonchev–Trinajstić information content (AvgIpc) is 2.98. The summed E-state index contributed by atoms with van der Waals surface area (Å²) in [6, 6.07) is 5.55. The quantitative estimate of drug-likeness (QED) is 0.359. The van der Waals surface area contributed by atoms with Crippen LogP contribution in [0.15, 0.2) is 44.2 Å². The molecule has 1 aromatic carbocycles. The summed E-state index contributed by atoms with van der Waals surface area (Å²) in [7, 11) is -3.81. The minimum absolute atomic E-state index is 0.00968. The molecule has 0 aliphatic rings. The van der Waals surface area contributed by atoms with Gasteiger partial charge in [-0.2, -0.15) is 5.11 Å². The number of rotatable bonds is 5. The third-order valence-corrected chi connectivity index (χ3v) is 5.55. The Balaban J connectivity index is 1.81. The standard InChI is InChI=1S/C13H12N8O3S3/c1-6-17-20-13(26-6)21-27(23,24)8-4-2-7(3-5-8)18-19-9-10(14)15-12(25)16-11(9)22/h2-5H,1H3,(H,20,21)(H4,14,15,16,22,25). The van der Waals surface area contributed by atoms with Crippen LogP contribution < -0.4 is 16.0 Å². The molecule has 14 heteroatoms. The first-order valence-corrected chi connectivity index (χ1v) is 9.92. The number of aromatic nitrogens is 4. The van der Waals surface area contributed by atoms with Gasteiger partial charge in [0.1, 0.15) is 10.8 Å². The van der Waals surface area contributed by atoms with E-state index in [9.17, 15) is 13.2 Å². The van der Waals surface area contributed by atoms with Gasteiger partial charge in [0.05, 0.1) is 10.6 Å². The van der Waals surface area contributed by atoms with Crippen molar-refractivity contribution in [3.63, 3.8) is 0 Å². The number of nitrogens with one attached hydrogen (secondary N) is 3. The first-order chi connectivity index (χ1) is 12.7. The molecule has 27 heavy (non-hydrogen) atoms. The van der Waals surface area contributed by atoms with E-state index in [0.29, 0.717) is 10.7 Å². The second kappa shape index (κ2) is 7.34. The summed E-state index contributed by atoms with van der Waals surface area (Å²) in [5.41, 5.74) is 5.25. The molecule has 0 fully saturated rings. The molecule has 5 N–H and O–H groups in total. The van der Waals surface area contributed by atoms with Crippen LogP contribution in [0.25, 0.3) is 0 Å². The molecule has 0 atom stereocenters. The number of hydrogen-bond donors (Lipinski definition) is 4. The summed E-state index contributed by atoms with van der Waals surface area (Å²) < 4.78 is 27.1. The van der Waals surface area contributed by atoms with Gasteiger partial charge in [-0.15, -0.1) is 15.3 Å². The van der Waals surface area contributed by atoms with Crippen LogP contribution in [0.3, 0.4) is 0 Å². The highest BCUT2D eigenvalue weighted by atomic mass is 32.2. The van der Waals surface area contributed by atoms with Crippen molar-refractivity contribution in [1.29, 1.82) is 0 Å². The number of nitrogen functional groups attached to an aromatic ring is 1. The fourth-order valence-electron chi connectivity index (χ4n) is 1.91. The lowest BCUT2D eigenvalue weighted by Crippen LogP contribution is -2.12. The van der Waals surface area contributed by atoms with Crippen LogP contribution in [0.2, 0.25) is 0 Å². The zero-order chi connectivity index (χ0) is 19.6. The summed E-state index contributed by atoms with van der Waals surface area (Å²) in [5.74, 6) is -0.0248. The van der Waals surface area contributed by atoms with Crippen molar-refractivity contribution in [1.82, 2.24) is 20.2 Å². The van der Waals surface area contributed by atoms with Crippen LogP contribution in [0, 0.1) is 11.7 Å². The van der Waals surface area contributed by atoms with Crippen LogP contribution in [-0.4, -0.2) is 28.6 Å². The lowest BCUT2D eigenvalue weighted by atomic mass is 10.3. The van der Waals surface area contributed by atoms with Gasteiger partial charge < -0.3 is 10.7 Å². The molecule has 140 valence electrons. The topological polar surface area (TPSA) is 171 Å². The lowest BCUT2D eigenvalue weighted by molar-refractivity contribution is 0.601. The molecule has 3 aromatic rings. The number of nitrogens with zero attached hydrogens (tertiary/aromatic N) is 4. The largest absolute Gasteiger partial charge is 0.383 e. The number of benzene rings is 1. The number of aryl methyl sites for hydroxylation is 1. The van der Waals surface area contributed by atoms with Crippen molar-refractivity contribution >= 4 is 55.9 Å². The number of nitrogens with two attached hydrogens (primary N) is 1. The predicted octanol–water partition coefficient (Wildman–Crippen LogP) is 2.39. The summed E-state index contributed by atoms with van der Waals surface area (Å²) in [6.45, 7) is 1.72. The van der Waals surface area contributed by atoms with E-state index in [1.54, 1.807) is 6.92 Å². The number of sulfonamides is 1.